The first-order chi connectivity index (χ1) is 16.6. The number of hydrogen-bond donors (Lipinski definition) is 0. The van der Waals surface area contributed by atoms with Crippen LogP contribution in [-0.2, 0) is 11.3 Å². The van der Waals surface area contributed by atoms with E-state index in [0.717, 1.165) is 76.9 Å². The van der Waals surface area contributed by atoms with Crippen molar-refractivity contribution < 1.29 is 9.18 Å². The Balaban J connectivity index is 1.33. The molecule has 1 amide bonds. The number of hydrogen-bond acceptors (Lipinski definition) is 2. The molecule has 1 saturated heterocycles. The van der Waals surface area contributed by atoms with Crippen molar-refractivity contribution in [3.8, 4) is 22.5 Å². The molecule has 1 atom stereocenters. The van der Waals surface area contributed by atoms with Crippen LogP contribution in [-0.4, -0.2) is 33.4 Å². The van der Waals surface area contributed by atoms with Gasteiger partial charge in [0.15, 0.2) is 0 Å². The number of likely N-dealkylation sites (tertiary alicyclic amines) is 1. The lowest BCUT2D eigenvalue weighted by atomic mass is 10.0. The van der Waals surface area contributed by atoms with Crippen LogP contribution in [0.1, 0.15) is 19.3 Å². The van der Waals surface area contributed by atoms with E-state index in [9.17, 15) is 9.18 Å². The van der Waals surface area contributed by atoms with E-state index in [4.69, 9.17) is 4.98 Å². The zero-order valence-corrected chi connectivity index (χ0v) is 20.3. The SMILES string of the molecule is O=C(C1CC1)N1CC[C@H](Cn2c(-c3ccc(-c4ccc(F)cc4)cc3)nc3cccc(Br)c32)C1. The lowest BCUT2D eigenvalue weighted by molar-refractivity contribution is -0.131. The molecule has 6 rings (SSSR count). The molecule has 0 unspecified atom stereocenters. The van der Waals surface area contributed by atoms with Gasteiger partial charge in [-0.2, -0.15) is 0 Å². The highest BCUT2D eigenvalue weighted by Gasteiger charge is 2.36. The average Bonchev–Trinajstić information content (AvgIpc) is 3.49. The van der Waals surface area contributed by atoms with Crippen molar-refractivity contribution in [1.29, 1.82) is 0 Å². The fourth-order valence-corrected chi connectivity index (χ4v) is 5.59. The first-order valence-corrected chi connectivity index (χ1v) is 12.7. The lowest BCUT2D eigenvalue weighted by Gasteiger charge is -2.18. The fourth-order valence-electron chi connectivity index (χ4n) is 5.02. The predicted octanol–water partition coefficient (Wildman–Crippen LogP) is 6.53. The van der Waals surface area contributed by atoms with Gasteiger partial charge in [0.2, 0.25) is 5.91 Å². The van der Waals surface area contributed by atoms with E-state index in [0.29, 0.717) is 11.8 Å². The Morgan fingerprint density at radius 2 is 1.62 bits per heavy atom. The summed E-state index contributed by atoms with van der Waals surface area (Å²) >= 11 is 3.74. The molecular weight excluding hydrogens is 493 g/mol. The van der Waals surface area contributed by atoms with Gasteiger partial charge in [-0.1, -0.05) is 42.5 Å². The van der Waals surface area contributed by atoms with Crippen molar-refractivity contribution >= 4 is 32.9 Å². The Morgan fingerprint density at radius 1 is 0.941 bits per heavy atom. The largest absolute Gasteiger partial charge is 0.342 e. The van der Waals surface area contributed by atoms with Gasteiger partial charge in [-0.25, -0.2) is 9.37 Å². The Kier molecular flexibility index (Phi) is 5.48. The first kappa shape index (κ1) is 21.5. The van der Waals surface area contributed by atoms with Crippen LogP contribution in [0.3, 0.4) is 0 Å². The molecule has 0 bridgehead atoms. The van der Waals surface area contributed by atoms with Gasteiger partial charge in [0.25, 0.3) is 0 Å². The van der Waals surface area contributed by atoms with Gasteiger partial charge in [-0.05, 0) is 76.5 Å². The molecule has 6 heteroatoms. The van der Waals surface area contributed by atoms with Crippen molar-refractivity contribution in [2.24, 2.45) is 11.8 Å². The molecule has 1 aromatic heterocycles. The molecule has 2 aliphatic rings. The van der Waals surface area contributed by atoms with E-state index in [1.54, 1.807) is 12.1 Å². The maximum absolute atomic E-state index is 13.3. The molecule has 3 aromatic carbocycles. The number of fused-ring (bicyclic) bond motifs is 1. The van der Waals surface area contributed by atoms with E-state index in [2.05, 4.69) is 55.7 Å². The van der Waals surface area contributed by atoms with Crippen LogP contribution >= 0.6 is 15.9 Å². The van der Waals surface area contributed by atoms with Crippen LogP contribution in [0.5, 0.6) is 0 Å². The Labute approximate surface area is 206 Å². The first-order valence-electron chi connectivity index (χ1n) is 11.9. The Hall–Kier alpha value is -2.99. The van der Waals surface area contributed by atoms with Crippen molar-refractivity contribution in [2.75, 3.05) is 13.1 Å². The topological polar surface area (TPSA) is 38.1 Å². The number of rotatable bonds is 5. The van der Waals surface area contributed by atoms with Gasteiger partial charge in [-0.15, -0.1) is 0 Å². The fraction of sp³-hybridized carbons (Fsp3) is 0.286. The van der Waals surface area contributed by atoms with Crippen molar-refractivity contribution in [1.82, 2.24) is 14.5 Å². The van der Waals surface area contributed by atoms with Gasteiger partial charge in [0, 0.05) is 35.6 Å². The molecule has 0 radical (unpaired) electrons. The van der Waals surface area contributed by atoms with Gasteiger partial charge in [-0.3, -0.25) is 4.79 Å². The summed E-state index contributed by atoms with van der Waals surface area (Å²) in [5, 5.41) is 0. The maximum atomic E-state index is 13.3. The molecule has 4 nitrogen and oxygen atoms in total. The molecule has 172 valence electrons. The van der Waals surface area contributed by atoms with Crippen LogP contribution < -0.4 is 0 Å². The zero-order valence-electron chi connectivity index (χ0n) is 18.8. The molecule has 0 spiro atoms. The summed E-state index contributed by atoms with van der Waals surface area (Å²) < 4.78 is 16.6. The summed E-state index contributed by atoms with van der Waals surface area (Å²) in [6, 6.07) is 21.0. The van der Waals surface area contributed by atoms with Crippen LogP contribution in [0.4, 0.5) is 4.39 Å². The standard InChI is InChI=1S/C28H25BrFN3O/c29-24-2-1-3-25-26(24)33(17-18-14-15-32(16-18)28(34)22-8-9-22)27(31-25)21-6-4-19(5-7-21)20-10-12-23(30)13-11-20/h1-7,10-13,18,22H,8-9,14-17H2/t18-/m0/s1. The van der Waals surface area contributed by atoms with E-state index in [1.807, 2.05) is 12.1 Å². The van der Waals surface area contributed by atoms with Crippen molar-refractivity contribution in [2.45, 2.75) is 25.8 Å². The number of nitrogens with zero attached hydrogens (tertiary/aromatic N) is 3. The van der Waals surface area contributed by atoms with Crippen LogP contribution in [0.15, 0.2) is 71.2 Å². The highest BCUT2D eigenvalue weighted by molar-refractivity contribution is 9.10. The van der Waals surface area contributed by atoms with Gasteiger partial charge in [0.05, 0.1) is 11.0 Å². The minimum Gasteiger partial charge on any atom is -0.342 e. The number of carbonyl (C=O) groups excluding carboxylic acids is 1. The third kappa shape index (κ3) is 4.05. The Morgan fingerprint density at radius 3 is 2.32 bits per heavy atom. The molecule has 34 heavy (non-hydrogen) atoms. The smallest absolute Gasteiger partial charge is 0.225 e. The minimum absolute atomic E-state index is 0.232. The number of halogens is 2. The van der Waals surface area contributed by atoms with Gasteiger partial charge in [0.1, 0.15) is 11.6 Å². The van der Waals surface area contributed by atoms with E-state index in [1.165, 1.54) is 12.1 Å². The quantitative estimate of drug-likeness (QED) is 0.301. The summed E-state index contributed by atoms with van der Waals surface area (Å²) in [4.78, 5) is 19.6. The monoisotopic (exact) mass is 517 g/mol. The van der Waals surface area contributed by atoms with Crippen molar-refractivity contribution in [3.63, 3.8) is 0 Å². The normalized spacial score (nSPS) is 18.1. The maximum Gasteiger partial charge on any atom is 0.225 e. The minimum atomic E-state index is -0.232. The predicted molar refractivity (Wildman–Crippen MR) is 136 cm³/mol. The summed E-state index contributed by atoms with van der Waals surface area (Å²) in [6.07, 6.45) is 3.12. The summed E-state index contributed by atoms with van der Waals surface area (Å²) in [6.45, 7) is 2.50. The number of benzene rings is 3. The van der Waals surface area contributed by atoms with Gasteiger partial charge >= 0.3 is 0 Å². The molecule has 1 aliphatic carbocycles. The zero-order chi connectivity index (χ0) is 23.2. The van der Waals surface area contributed by atoms with Crippen LogP contribution in [0.25, 0.3) is 33.5 Å². The van der Waals surface area contributed by atoms with Crippen LogP contribution in [0, 0.1) is 17.7 Å². The Bertz CT molecular complexity index is 1360. The van der Waals surface area contributed by atoms with E-state index < -0.39 is 0 Å². The number of para-hydroxylation sites is 1. The summed E-state index contributed by atoms with van der Waals surface area (Å²) in [7, 11) is 0. The molecular formula is C28H25BrFN3O. The third-order valence-corrected chi connectivity index (χ3v) is 7.64. The molecule has 2 heterocycles. The van der Waals surface area contributed by atoms with E-state index in [-0.39, 0.29) is 11.7 Å². The summed E-state index contributed by atoms with van der Waals surface area (Å²) in [5.41, 5.74) is 5.11. The third-order valence-electron chi connectivity index (χ3n) is 7.00. The molecule has 0 N–H and O–H groups in total. The molecule has 4 aromatic rings. The second kappa shape index (κ2) is 8.66. The van der Waals surface area contributed by atoms with Crippen molar-refractivity contribution in [3.05, 3.63) is 77.0 Å². The molecule has 1 aliphatic heterocycles. The highest BCUT2D eigenvalue weighted by Crippen LogP contribution is 2.35. The molecule has 1 saturated carbocycles. The summed E-state index contributed by atoms with van der Waals surface area (Å²) in [5.74, 6) is 1.72. The second-order valence-electron chi connectivity index (χ2n) is 9.45. The average molecular weight is 518 g/mol. The number of carbonyl (C=O) groups is 1. The van der Waals surface area contributed by atoms with E-state index >= 15 is 0 Å². The highest BCUT2D eigenvalue weighted by atomic mass is 79.9. The molecule has 2 fully saturated rings. The number of aromatic nitrogens is 2. The number of imidazole rings is 1. The van der Waals surface area contributed by atoms with Crippen LogP contribution in [0.2, 0.25) is 0 Å². The number of amides is 1. The lowest BCUT2D eigenvalue weighted by Crippen LogP contribution is -2.30. The second-order valence-corrected chi connectivity index (χ2v) is 10.3. The van der Waals surface area contributed by atoms with Gasteiger partial charge < -0.3 is 9.47 Å².